The van der Waals surface area contributed by atoms with Crippen LogP contribution in [0.2, 0.25) is 0 Å². The first-order valence-electron chi connectivity index (χ1n) is 27.8. The van der Waals surface area contributed by atoms with Crippen molar-refractivity contribution in [3.05, 3.63) is 146 Å². The van der Waals surface area contributed by atoms with Crippen molar-refractivity contribution >= 4 is 17.9 Å². The first kappa shape index (κ1) is 65.3. The van der Waals surface area contributed by atoms with Gasteiger partial charge in [-0.3, -0.25) is 14.4 Å². The Labute approximate surface area is 429 Å². The van der Waals surface area contributed by atoms with Gasteiger partial charge in [-0.2, -0.15) is 0 Å². The van der Waals surface area contributed by atoms with Crippen molar-refractivity contribution in [2.45, 2.75) is 226 Å². The average molecular weight is 965 g/mol. The van der Waals surface area contributed by atoms with Crippen LogP contribution in [0.1, 0.15) is 220 Å². The van der Waals surface area contributed by atoms with Crippen LogP contribution < -0.4 is 0 Å². The van der Waals surface area contributed by atoms with E-state index in [1.807, 2.05) is 12.2 Å². The smallest absolute Gasteiger partial charge is 0.306 e. The van der Waals surface area contributed by atoms with Crippen molar-refractivity contribution in [3.8, 4) is 0 Å². The summed E-state index contributed by atoms with van der Waals surface area (Å²) in [6, 6.07) is 0. The Hall–Kier alpha value is -4.71. The minimum absolute atomic E-state index is 0.119. The van der Waals surface area contributed by atoms with Gasteiger partial charge in [0, 0.05) is 19.3 Å². The molecule has 0 radical (unpaired) electrons. The predicted octanol–water partition coefficient (Wildman–Crippen LogP) is 18.8. The Kier molecular flexibility index (Phi) is 53.0. The number of hydrogen-bond acceptors (Lipinski definition) is 6. The first-order chi connectivity index (χ1) is 34.5. The van der Waals surface area contributed by atoms with E-state index in [0.717, 1.165) is 128 Å². The van der Waals surface area contributed by atoms with Crippen LogP contribution >= 0.6 is 0 Å². The summed E-state index contributed by atoms with van der Waals surface area (Å²) in [7, 11) is 0. The molecule has 0 saturated carbocycles. The lowest BCUT2D eigenvalue weighted by atomic mass is 10.1. The Bertz CT molecular complexity index is 1580. The number of allylic oxidation sites excluding steroid dienone is 24. The maximum absolute atomic E-state index is 12.7. The molecule has 70 heavy (non-hydrogen) atoms. The molecule has 0 rings (SSSR count). The van der Waals surface area contributed by atoms with E-state index in [2.05, 4.69) is 154 Å². The summed E-state index contributed by atoms with van der Waals surface area (Å²) < 4.78 is 16.7. The molecule has 0 aromatic rings. The van der Waals surface area contributed by atoms with Crippen LogP contribution in [-0.4, -0.2) is 37.2 Å². The van der Waals surface area contributed by atoms with Gasteiger partial charge < -0.3 is 14.2 Å². The van der Waals surface area contributed by atoms with Crippen LogP contribution in [0, 0.1) is 0 Å². The monoisotopic (exact) mass is 965 g/mol. The molecule has 0 heterocycles. The molecule has 0 fully saturated rings. The van der Waals surface area contributed by atoms with Crippen molar-refractivity contribution in [1.29, 1.82) is 0 Å². The summed E-state index contributed by atoms with van der Waals surface area (Å²) in [6.07, 6.45) is 81.5. The molecule has 6 nitrogen and oxygen atoms in total. The maximum Gasteiger partial charge on any atom is 0.306 e. The van der Waals surface area contributed by atoms with E-state index in [1.165, 1.54) is 44.9 Å². The van der Waals surface area contributed by atoms with Gasteiger partial charge in [0.2, 0.25) is 0 Å². The third kappa shape index (κ3) is 54.2. The Morgan fingerprint density at radius 2 is 0.586 bits per heavy atom. The van der Waals surface area contributed by atoms with Crippen LogP contribution in [0.25, 0.3) is 0 Å². The van der Waals surface area contributed by atoms with Crippen molar-refractivity contribution in [2.75, 3.05) is 13.2 Å². The highest BCUT2D eigenvalue weighted by Gasteiger charge is 2.19. The standard InChI is InChI=1S/C64H100O6/c1-4-7-10-13-16-19-22-24-25-26-27-28-29-30-31-32-33-34-35-36-37-38-39-41-42-45-48-51-54-57-63(66)69-60-61(59-68-62(65)56-53-50-47-44-21-18-15-12-9-6-3)70-64(67)58-55-52-49-46-43-40-23-20-17-14-11-8-5-2/h7-8,10-11,16-17,19-20,24-25,27-28,30-31,33-34,36-37,39-41,43,49,52,61H,4-6,9,12-15,18,21-23,26,29,32,35,38,42,44-48,50-51,53-60H2,1-3H3/b10-7-,11-8-,19-16-,20-17-,25-24-,28-27-,31-30-,34-33-,37-36-,41-39-,43-40-,52-49-. The quantitative estimate of drug-likeness (QED) is 0.0262. The zero-order chi connectivity index (χ0) is 50.7. The Morgan fingerprint density at radius 3 is 0.929 bits per heavy atom. The topological polar surface area (TPSA) is 78.9 Å². The molecule has 1 unspecified atom stereocenters. The molecule has 0 amide bonds. The zero-order valence-corrected chi connectivity index (χ0v) is 44.7. The summed E-state index contributed by atoms with van der Waals surface area (Å²) in [5, 5.41) is 0. The fourth-order valence-electron chi connectivity index (χ4n) is 7.00. The molecule has 0 aromatic carbocycles. The number of unbranched alkanes of at least 4 members (excludes halogenated alkanes) is 13. The van der Waals surface area contributed by atoms with Gasteiger partial charge in [0.15, 0.2) is 6.10 Å². The van der Waals surface area contributed by atoms with E-state index in [0.29, 0.717) is 19.3 Å². The van der Waals surface area contributed by atoms with Crippen LogP contribution in [0.3, 0.4) is 0 Å². The fourth-order valence-corrected chi connectivity index (χ4v) is 7.00. The van der Waals surface area contributed by atoms with Gasteiger partial charge in [0.25, 0.3) is 0 Å². The third-order valence-electron chi connectivity index (χ3n) is 11.1. The normalized spacial score (nSPS) is 13.2. The molecule has 0 bridgehead atoms. The molecule has 0 aliphatic heterocycles. The Morgan fingerprint density at radius 1 is 0.300 bits per heavy atom. The molecule has 1 atom stereocenters. The Balaban J connectivity index is 4.37. The van der Waals surface area contributed by atoms with Crippen molar-refractivity contribution in [3.63, 3.8) is 0 Å². The molecule has 6 heteroatoms. The van der Waals surface area contributed by atoms with Crippen molar-refractivity contribution in [1.82, 2.24) is 0 Å². The molecule has 0 aromatic heterocycles. The van der Waals surface area contributed by atoms with E-state index in [9.17, 15) is 14.4 Å². The molecular formula is C64H100O6. The zero-order valence-electron chi connectivity index (χ0n) is 44.7. The molecule has 0 aliphatic rings. The third-order valence-corrected chi connectivity index (χ3v) is 11.1. The van der Waals surface area contributed by atoms with Crippen molar-refractivity contribution in [2.24, 2.45) is 0 Å². The summed E-state index contributed by atoms with van der Waals surface area (Å²) in [5.41, 5.74) is 0. The minimum Gasteiger partial charge on any atom is -0.462 e. The van der Waals surface area contributed by atoms with Crippen LogP contribution in [0.5, 0.6) is 0 Å². The second-order valence-electron chi connectivity index (χ2n) is 17.7. The molecule has 0 N–H and O–H groups in total. The SMILES string of the molecule is CC/C=C\C/C=C\C/C=C\C/C=C\C/C=C\C/C=C\C/C=C\C/C=C\CCCCCCC(=O)OCC(COC(=O)CCCCCCCCCCCC)OC(=O)CC/C=C\C/C=C\C/C=C\C/C=C\CC. The number of carbonyl (C=O) groups is 3. The molecular weight excluding hydrogens is 865 g/mol. The summed E-state index contributed by atoms with van der Waals surface area (Å²) >= 11 is 0. The van der Waals surface area contributed by atoms with E-state index >= 15 is 0 Å². The summed E-state index contributed by atoms with van der Waals surface area (Å²) in [4.78, 5) is 37.9. The van der Waals surface area contributed by atoms with Gasteiger partial charge in [-0.15, -0.1) is 0 Å². The number of ether oxygens (including phenoxy) is 3. The first-order valence-corrected chi connectivity index (χ1v) is 27.8. The van der Waals surface area contributed by atoms with Gasteiger partial charge >= 0.3 is 17.9 Å². The van der Waals surface area contributed by atoms with Gasteiger partial charge in [-0.25, -0.2) is 0 Å². The van der Waals surface area contributed by atoms with Crippen LogP contribution in [-0.2, 0) is 28.6 Å². The highest BCUT2D eigenvalue weighted by molar-refractivity contribution is 5.71. The largest absolute Gasteiger partial charge is 0.462 e. The summed E-state index contributed by atoms with van der Waals surface area (Å²) in [5.74, 6) is -1.04. The minimum atomic E-state index is -0.830. The summed E-state index contributed by atoms with van der Waals surface area (Å²) in [6.45, 7) is 6.29. The fraction of sp³-hybridized carbons (Fsp3) is 0.578. The molecule has 392 valence electrons. The number of carbonyl (C=O) groups excluding carboxylic acids is 3. The lowest BCUT2D eigenvalue weighted by molar-refractivity contribution is -0.166. The van der Waals surface area contributed by atoms with E-state index in [4.69, 9.17) is 14.2 Å². The van der Waals surface area contributed by atoms with Gasteiger partial charge in [-0.1, -0.05) is 237 Å². The van der Waals surface area contributed by atoms with Crippen LogP contribution in [0.15, 0.2) is 146 Å². The molecule has 0 spiro atoms. The highest BCUT2D eigenvalue weighted by Crippen LogP contribution is 2.13. The maximum atomic E-state index is 12.7. The average Bonchev–Trinajstić information content (AvgIpc) is 3.36. The number of hydrogen-bond donors (Lipinski definition) is 0. The van der Waals surface area contributed by atoms with E-state index in [1.54, 1.807) is 0 Å². The second kappa shape index (κ2) is 56.9. The van der Waals surface area contributed by atoms with Gasteiger partial charge in [0.1, 0.15) is 13.2 Å². The second-order valence-corrected chi connectivity index (χ2v) is 17.7. The predicted molar refractivity (Wildman–Crippen MR) is 302 cm³/mol. The lowest BCUT2D eigenvalue weighted by Gasteiger charge is -2.18. The van der Waals surface area contributed by atoms with Crippen LogP contribution in [0.4, 0.5) is 0 Å². The van der Waals surface area contributed by atoms with Crippen molar-refractivity contribution < 1.29 is 28.6 Å². The van der Waals surface area contributed by atoms with Gasteiger partial charge in [-0.05, 0) is 109 Å². The van der Waals surface area contributed by atoms with Gasteiger partial charge in [0.05, 0.1) is 0 Å². The number of esters is 3. The molecule has 0 aliphatic carbocycles. The van der Waals surface area contributed by atoms with E-state index < -0.39 is 12.1 Å². The number of rotatable bonds is 48. The molecule has 0 saturated heterocycles. The van der Waals surface area contributed by atoms with E-state index in [-0.39, 0.29) is 31.6 Å². The highest BCUT2D eigenvalue weighted by atomic mass is 16.6. The lowest BCUT2D eigenvalue weighted by Crippen LogP contribution is -2.30.